The van der Waals surface area contributed by atoms with E-state index in [1.54, 1.807) is 38.8 Å². The lowest BCUT2D eigenvalue weighted by atomic mass is 9.89. The van der Waals surface area contributed by atoms with Gasteiger partial charge in [0.25, 0.3) is 0 Å². The SMILES string of the molecule is CC(C)(C)OC(=O)n1cnc(CCC(=O)N(CC(O)C(C)(O)C2CC2)C2CCC(O)CC2)c1. The van der Waals surface area contributed by atoms with Crippen LogP contribution in [0.1, 0.15) is 78.3 Å². The number of imidazole rings is 1. The fraction of sp³-hybridized carbons (Fsp3) is 0.792. The van der Waals surface area contributed by atoms with Gasteiger partial charge in [-0.05, 0) is 78.6 Å². The van der Waals surface area contributed by atoms with E-state index in [4.69, 9.17) is 4.74 Å². The second kappa shape index (κ2) is 10.1. The Balaban J connectivity index is 1.63. The molecule has 186 valence electrons. The van der Waals surface area contributed by atoms with Crippen molar-refractivity contribution in [3.05, 3.63) is 18.2 Å². The van der Waals surface area contributed by atoms with Gasteiger partial charge >= 0.3 is 6.09 Å². The normalized spacial score (nSPS) is 24.1. The number of hydrogen-bond acceptors (Lipinski definition) is 7. The molecule has 2 atom stereocenters. The van der Waals surface area contributed by atoms with Crippen molar-refractivity contribution >= 4 is 12.0 Å². The molecule has 2 aliphatic rings. The number of aliphatic hydroxyl groups excluding tert-OH is 2. The highest BCUT2D eigenvalue weighted by Crippen LogP contribution is 2.41. The van der Waals surface area contributed by atoms with Crippen LogP contribution in [0.15, 0.2) is 12.5 Å². The summed E-state index contributed by atoms with van der Waals surface area (Å²) in [6.07, 6.45) is 5.87. The highest BCUT2D eigenvalue weighted by Gasteiger charge is 2.46. The number of rotatable bonds is 8. The Morgan fingerprint density at radius 3 is 2.39 bits per heavy atom. The van der Waals surface area contributed by atoms with E-state index >= 15 is 0 Å². The molecule has 2 saturated carbocycles. The number of ether oxygens (including phenoxy) is 1. The van der Waals surface area contributed by atoms with Crippen LogP contribution in [0.3, 0.4) is 0 Å². The number of amides is 1. The predicted molar refractivity (Wildman–Crippen MR) is 122 cm³/mol. The van der Waals surface area contributed by atoms with Gasteiger partial charge in [-0.1, -0.05) is 0 Å². The molecule has 1 aromatic heterocycles. The summed E-state index contributed by atoms with van der Waals surface area (Å²) in [7, 11) is 0. The molecule has 3 rings (SSSR count). The van der Waals surface area contributed by atoms with Gasteiger partial charge in [-0.25, -0.2) is 14.3 Å². The van der Waals surface area contributed by atoms with Crippen molar-refractivity contribution in [3.8, 4) is 0 Å². The molecule has 0 spiro atoms. The summed E-state index contributed by atoms with van der Waals surface area (Å²) in [4.78, 5) is 31.3. The van der Waals surface area contributed by atoms with Crippen LogP contribution in [-0.4, -0.2) is 77.8 Å². The molecule has 9 nitrogen and oxygen atoms in total. The Morgan fingerprint density at radius 2 is 1.82 bits per heavy atom. The summed E-state index contributed by atoms with van der Waals surface area (Å²) < 4.78 is 6.59. The third kappa shape index (κ3) is 7.01. The third-order valence-corrected chi connectivity index (χ3v) is 6.71. The zero-order valence-electron chi connectivity index (χ0n) is 20.2. The van der Waals surface area contributed by atoms with Crippen LogP contribution in [0.5, 0.6) is 0 Å². The van der Waals surface area contributed by atoms with Gasteiger partial charge in [0.2, 0.25) is 5.91 Å². The second-order valence-electron chi connectivity index (χ2n) is 10.8. The average Bonchev–Trinajstić information content (AvgIpc) is 3.48. The van der Waals surface area contributed by atoms with E-state index in [0.29, 0.717) is 37.8 Å². The van der Waals surface area contributed by atoms with Crippen LogP contribution in [0, 0.1) is 5.92 Å². The fourth-order valence-electron chi connectivity index (χ4n) is 4.42. The van der Waals surface area contributed by atoms with Crippen LogP contribution in [0.4, 0.5) is 4.79 Å². The minimum absolute atomic E-state index is 0.0643. The molecule has 0 radical (unpaired) electrons. The van der Waals surface area contributed by atoms with Crippen molar-refractivity contribution in [1.29, 1.82) is 0 Å². The molecule has 1 aromatic rings. The lowest BCUT2D eigenvalue weighted by Gasteiger charge is -2.40. The fourth-order valence-corrected chi connectivity index (χ4v) is 4.42. The first-order valence-corrected chi connectivity index (χ1v) is 12.0. The van der Waals surface area contributed by atoms with Gasteiger partial charge in [0.05, 0.1) is 17.4 Å². The van der Waals surface area contributed by atoms with Gasteiger partial charge in [-0.3, -0.25) is 4.79 Å². The molecular weight excluding hydrogens is 426 g/mol. The molecule has 9 heteroatoms. The zero-order valence-corrected chi connectivity index (χ0v) is 20.2. The Morgan fingerprint density at radius 1 is 1.18 bits per heavy atom. The van der Waals surface area contributed by atoms with Crippen molar-refractivity contribution in [3.63, 3.8) is 0 Å². The van der Waals surface area contributed by atoms with Crippen LogP contribution >= 0.6 is 0 Å². The largest absolute Gasteiger partial charge is 0.443 e. The Bertz CT molecular complexity index is 818. The van der Waals surface area contributed by atoms with E-state index < -0.39 is 23.4 Å². The van der Waals surface area contributed by atoms with Gasteiger partial charge in [0.15, 0.2) is 0 Å². The van der Waals surface area contributed by atoms with E-state index in [1.807, 2.05) is 0 Å². The standard InChI is InChI=1S/C24H39N3O6/c1-23(2,3)33-22(31)26-13-17(25-15-26)7-12-21(30)27(18-8-10-19(28)11-9-18)14-20(29)24(4,32)16-5-6-16/h13,15-16,18-20,28-29,32H,5-12,14H2,1-4H3. The molecular formula is C24H39N3O6. The summed E-state index contributed by atoms with van der Waals surface area (Å²) in [5.41, 5.74) is -1.24. The van der Waals surface area contributed by atoms with Crippen molar-refractivity contribution in [2.24, 2.45) is 5.92 Å². The number of carbonyl (C=O) groups excluding carboxylic acids is 2. The Hall–Kier alpha value is -1.97. The highest BCUT2D eigenvalue weighted by atomic mass is 16.6. The summed E-state index contributed by atoms with van der Waals surface area (Å²) in [5, 5.41) is 31.4. The highest BCUT2D eigenvalue weighted by molar-refractivity contribution is 5.77. The van der Waals surface area contributed by atoms with Crippen LogP contribution in [0.25, 0.3) is 0 Å². The van der Waals surface area contributed by atoms with E-state index in [1.165, 1.54) is 10.9 Å². The molecule has 2 unspecified atom stereocenters. The maximum Gasteiger partial charge on any atom is 0.419 e. The minimum atomic E-state index is -1.22. The van der Waals surface area contributed by atoms with Crippen molar-refractivity contribution in [2.75, 3.05) is 6.54 Å². The topological polar surface area (TPSA) is 125 Å². The molecule has 2 aliphatic carbocycles. The van der Waals surface area contributed by atoms with Gasteiger partial charge in [0.1, 0.15) is 18.0 Å². The number of aromatic nitrogens is 2. The molecule has 33 heavy (non-hydrogen) atoms. The van der Waals surface area contributed by atoms with Gasteiger partial charge in [0, 0.05) is 25.2 Å². The minimum Gasteiger partial charge on any atom is -0.443 e. The van der Waals surface area contributed by atoms with Crippen molar-refractivity contribution in [1.82, 2.24) is 14.5 Å². The average molecular weight is 466 g/mol. The third-order valence-electron chi connectivity index (χ3n) is 6.71. The quantitative estimate of drug-likeness (QED) is 0.538. The van der Waals surface area contributed by atoms with Crippen LogP contribution < -0.4 is 0 Å². The van der Waals surface area contributed by atoms with Crippen LogP contribution in [-0.2, 0) is 16.0 Å². The van der Waals surface area contributed by atoms with Gasteiger partial charge in [-0.15, -0.1) is 0 Å². The first-order valence-electron chi connectivity index (χ1n) is 12.0. The molecule has 0 aliphatic heterocycles. The maximum absolute atomic E-state index is 13.2. The molecule has 0 aromatic carbocycles. The summed E-state index contributed by atoms with van der Waals surface area (Å²) in [6.45, 7) is 7.07. The summed E-state index contributed by atoms with van der Waals surface area (Å²) in [5.74, 6) is -0.0664. The van der Waals surface area contributed by atoms with Crippen molar-refractivity contribution < 1.29 is 29.6 Å². The maximum atomic E-state index is 13.2. The van der Waals surface area contributed by atoms with E-state index in [2.05, 4.69) is 4.98 Å². The van der Waals surface area contributed by atoms with Gasteiger partial charge < -0.3 is 25.0 Å². The molecule has 2 fully saturated rings. The molecule has 0 saturated heterocycles. The number of aliphatic hydroxyl groups is 3. The number of carbonyl (C=O) groups is 2. The summed E-state index contributed by atoms with van der Waals surface area (Å²) >= 11 is 0. The van der Waals surface area contributed by atoms with E-state index in [9.17, 15) is 24.9 Å². The smallest absolute Gasteiger partial charge is 0.419 e. The van der Waals surface area contributed by atoms with E-state index in [0.717, 1.165) is 12.8 Å². The number of nitrogens with zero attached hydrogens (tertiary/aromatic N) is 3. The first kappa shape index (κ1) is 25.6. The molecule has 3 N–H and O–H groups in total. The molecule has 0 bridgehead atoms. The first-order chi connectivity index (χ1) is 15.4. The Kier molecular flexibility index (Phi) is 7.86. The van der Waals surface area contributed by atoms with E-state index in [-0.39, 0.29) is 36.9 Å². The zero-order chi connectivity index (χ0) is 24.4. The lowest BCUT2D eigenvalue weighted by molar-refractivity contribution is -0.142. The molecule has 1 amide bonds. The Labute approximate surface area is 195 Å². The van der Waals surface area contributed by atoms with Crippen molar-refractivity contribution in [2.45, 2.75) is 109 Å². The second-order valence-corrected chi connectivity index (χ2v) is 10.8. The monoisotopic (exact) mass is 465 g/mol. The lowest BCUT2D eigenvalue weighted by Crippen LogP contribution is -2.53. The molecule has 1 heterocycles. The summed E-state index contributed by atoms with van der Waals surface area (Å²) in [6, 6.07) is -0.0788. The number of aryl methyl sites for hydroxylation is 1. The van der Waals surface area contributed by atoms with Gasteiger partial charge in [-0.2, -0.15) is 0 Å². The van der Waals surface area contributed by atoms with Crippen LogP contribution in [0.2, 0.25) is 0 Å². The predicted octanol–water partition coefficient (Wildman–Crippen LogP) is 2.25. The number of hydrogen-bond donors (Lipinski definition) is 3.